The second-order valence-electron chi connectivity index (χ2n) is 5.48. The zero-order chi connectivity index (χ0) is 17.0. The molecule has 0 radical (unpaired) electrons. The monoisotopic (exact) mass is 340 g/mol. The molecule has 1 aliphatic rings. The summed E-state index contributed by atoms with van der Waals surface area (Å²) in [5, 5.41) is 9.60. The molecular weight excluding hydrogens is 320 g/mol. The van der Waals surface area contributed by atoms with Gasteiger partial charge in [0.15, 0.2) is 10.9 Å². The lowest BCUT2D eigenvalue weighted by molar-refractivity contribution is -0.145. The van der Waals surface area contributed by atoms with E-state index in [1.54, 1.807) is 24.1 Å². The molecule has 0 bridgehead atoms. The van der Waals surface area contributed by atoms with Crippen LogP contribution in [-0.4, -0.2) is 65.6 Å². The Morgan fingerprint density at radius 3 is 2.52 bits per heavy atom. The van der Waals surface area contributed by atoms with Crippen LogP contribution in [0.2, 0.25) is 0 Å². The first kappa shape index (κ1) is 17.4. The second-order valence-corrected chi connectivity index (χ2v) is 6.29. The van der Waals surface area contributed by atoms with Gasteiger partial charge in [0.25, 0.3) is 5.91 Å². The van der Waals surface area contributed by atoms with Gasteiger partial charge in [-0.3, -0.25) is 14.4 Å². The average molecular weight is 340 g/mol. The Morgan fingerprint density at radius 2 is 2.00 bits per heavy atom. The molecule has 1 aromatic rings. The average Bonchev–Trinajstić information content (AvgIpc) is 3.03. The lowest BCUT2D eigenvalue weighted by Crippen LogP contribution is -2.45. The zero-order valence-electron chi connectivity index (χ0n) is 13.2. The molecule has 1 N–H and O–H groups in total. The number of thioether (sulfide) groups is 1. The van der Waals surface area contributed by atoms with E-state index in [-0.39, 0.29) is 30.0 Å². The summed E-state index contributed by atoms with van der Waals surface area (Å²) < 4.78 is 5.36. The first-order chi connectivity index (χ1) is 10.9. The second kappa shape index (κ2) is 7.54. The number of carbonyl (C=O) groups excluding carboxylic acids is 2. The van der Waals surface area contributed by atoms with Gasteiger partial charge in [-0.2, -0.15) is 0 Å². The van der Waals surface area contributed by atoms with Gasteiger partial charge in [-0.25, -0.2) is 0 Å². The fourth-order valence-electron chi connectivity index (χ4n) is 2.48. The van der Waals surface area contributed by atoms with E-state index in [9.17, 15) is 14.4 Å². The van der Waals surface area contributed by atoms with Crippen LogP contribution in [0.25, 0.3) is 0 Å². The molecule has 1 fully saturated rings. The summed E-state index contributed by atoms with van der Waals surface area (Å²) in [7, 11) is 1.55. The minimum Gasteiger partial charge on any atom is -0.481 e. The van der Waals surface area contributed by atoms with Crippen LogP contribution in [-0.2, 0) is 9.59 Å². The summed E-state index contributed by atoms with van der Waals surface area (Å²) in [6.07, 6.45) is 2.75. The van der Waals surface area contributed by atoms with E-state index in [4.69, 9.17) is 9.52 Å². The first-order valence-electron chi connectivity index (χ1n) is 7.32. The van der Waals surface area contributed by atoms with Crippen LogP contribution < -0.4 is 0 Å². The number of hydrogen-bond acceptors (Lipinski definition) is 5. The summed E-state index contributed by atoms with van der Waals surface area (Å²) >= 11 is 1.40. The number of furan rings is 1. The lowest BCUT2D eigenvalue weighted by atomic mass is 9.97. The third-order valence-corrected chi connectivity index (χ3v) is 4.53. The number of aliphatic carboxylic acids is 1. The number of likely N-dealkylation sites (tertiary alicyclic amines) is 1. The molecule has 0 aliphatic carbocycles. The Morgan fingerprint density at radius 1 is 1.35 bits per heavy atom. The highest BCUT2D eigenvalue weighted by Crippen LogP contribution is 2.20. The molecule has 1 aliphatic heterocycles. The fourth-order valence-corrected chi connectivity index (χ4v) is 2.86. The van der Waals surface area contributed by atoms with Gasteiger partial charge in [0.2, 0.25) is 5.91 Å². The summed E-state index contributed by atoms with van der Waals surface area (Å²) in [5.74, 6) is -1.52. The Balaban J connectivity index is 1.87. The van der Waals surface area contributed by atoms with Crippen LogP contribution in [0.5, 0.6) is 0 Å². The highest BCUT2D eigenvalue weighted by molar-refractivity contribution is 7.98. The number of amides is 2. The van der Waals surface area contributed by atoms with E-state index in [2.05, 4.69) is 0 Å². The number of carbonyl (C=O) groups is 3. The highest BCUT2D eigenvalue weighted by atomic mass is 32.2. The van der Waals surface area contributed by atoms with Crippen molar-refractivity contribution in [2.45, 2.75) is 17.9 Å². The SMILES string of the molecule is CSc1ccc(C(=O)N(C)CC(=O)N2CCC(C(=O)O)CC2)o1. The van der Waals surface area contributed by atoms with Crippen molar-refractivity contribution in [1.82, 2.24) is 9.80 Å². The molecule has 1 saturated heterocycles. The largest absolute Gasteiger partial charge is 0.481 e. The van der Waals surface area contributed by atoms with Crippen molar-refractivity contribution in [2.75, 3.05) is 32.9 Å². The molecule has 0 atom stereocenters. The molecule has 1 aromatic heterocycles. The van der Waals surface area contributed by atoms with Crippen molar-refractivity contribution in [3.8, 4) is 0 Å². The van der Waals surface area contributed by atoms with Gasteiger partial charge in [-0.15, -0.1) is 0 Å². The molecule has 2 rings (SSSR count). The van der Waals surface area contributed by atoms with Crippen LogP contribution in [0.3, 0.4) is 0 Å². The minimum atomic E-state index is -0.813. The number of piperidine rings is 1. The van der Waals surface area contributed by atoms with Gasteiger partial charge >= 0.3 is 5.97 Å². The number of rotatable bonds is 5. The van der Waals surface area contributed by atoms with Gasteiger partial charge in [-0.1, -0.05) is 11.8 Å². The van der Waals surface area contributed by atoms with Crippen molar-refractivity contribution in [2.24, 2.45) is 5.92 Å². The molecule has 2 amide bonds. The molecule has 7 nitrogen and oxygen atoms in total. The number of likely N-dealkylation sites (N-methyl/N-ethyl adjacent to an activating group) is 1. The highest BCUT2D eigenvalue weighted by Gasteiger charge is 2.28. The topological polar surface area (TPSA) is 91.1 Å². The predicted molar refractivity (Wildman–Crippen MR) is 84.4 cm³/mol. The number of carboxylic acids is 1. The van der Waals surface area contributed by atoms with E-state index in [0.29, 0.717) is 31.0 Å². The van der Waals surface area contributed by atoms with Crippen molar-refractivity contribution in [1.29, 1.82) is 0 Å². The van der Waals surface area contributed by atoms with Crippen LogP contribution >= 0.6 is 11.8 Å². The third-order valence-electron chi connectivity index (χ3n) is 3.91. The van der Waals surface area contributed by atoms with Crippen LogP contribution in [0.15, 0.2) is 21.6 Å². The molecular formula is C15H20N2O5S. The minimum absolute atomic E-state index is 0.0497. The van der Waals surface area contributed by atoms with Crippen LogP contribution in [0, 0.1) is 5.92 Å². The summed E-state index contributed by atoms with van der Waals surface area (Å²) in [4.78, 5) is 38.3. The van der Waals surface area contributed by atoms with E-state index < -0.39 is 5.97 Å². The molecule has 0 unspecified atom stereocenters. The van der Waals surface area contributed by atoms with Crippen molar-refractivity contribution in [3.63, 3.8) is 0 Å². The van der Waals surface area contributed by atoms with E-state index >= 15 is 0 Å². The number of carboxylic acid groups (broad SMARTS) is 1. The van der Waals surface area contributed by atoms with E-state index in [0.717, 1.165) is 0 Å². The molecule has 0 aromatic carbocycles. The Kier molecular flexibility index (Phi) is 5.70. The lowest BCUT2D eigenvalue weighted by Gasteiger charge is -2.31. The van der Waals surface area contributed by atoms with Gasteiger partial charge in [0.1, 0.15) is 0 Å². The summed E-state index contributed by atoms with van der Waals surface area (Å²) in [6, 6.07) is 3.30. The Hall–Kier alpha value is -1.96. The van der Waals surface area contributed by atoms with E-state index in [1.807, 2.05) is 6.26 Å². The van der Waals surface area contributed by atoms with E-state index in [1.165, 1.54) is 16.7 Å². The smallest absolute Gasteiger partial charge is 0.306 e. The standard InChI is InChI=1S/C15H20N2O5S/c1-16(14(19)11-3-4-13(22-11)23-2)9-12(18)17-7-5-10(6-8-17)15(20)21/h3-4,10H,5-9H2,1-2H3,(H,20,21). The van der Waals surface area contributed by atoms with Crippen LogP contribution in [0.4, 0.5) is 0 Å². The Labute approximate surface area is 138 Å². The molecule has 2 heterocycles. The van der Waals surface area contributed by atoms with Gasteiger partial charge in [-0.05, 0) is 31.2 Å². The fraction of sp³-hybridized carbons (Fsp3) is 0.533. The third kappa shape index (κ3) is 4.28. The number of nitrogens with zero attached hydrogens (tertiary/aromatic N) is 2. The summed E-state index contributed by atoms with van der Waals surface area (Å²) in [6.45, 7) is 0.774. The van der Waals surface area contributed by atoms with Crippen LogP contribution in [0.1, 0.15) is 23.4 Å². The molecule has 8 heteroatoms. The maximum absolute atomic E-state index is 12.2. The van der Waals surface area contributed by atoms with Gasteiger partial charge < -0.3 is 19.3 Å². The van der Waals surface area contributed by atoms with Crippen molar-refractivity contribution < 1.29 is 23.9 Å². The number of hydrogen-bond donors (Lipinski definition) is 1. The first-order valence-corrected chi connectivity index (χ1v) is 8.54. The predicted octanol–water partition coefficient (Wildman–Crippen LogP) is 1.40. The van der Waals surface area contributed by atoms with Crippen molar-refractivity contribution >= 4 is 29.5 Å². The van der Waals surface area contributed by atoms with Gasteiger partial charge in [0, 0.05) is 20.1 Å². The normalized spacial score (nSPS) is 15.5. The molecule has 126 valence electrons. The summed E-state index contributed by atoms with van der Waals surface area (Å²) in [5.41, 5.74) is 0. The van der Waals surface area contributed by atoms with Crippen molar-refractivity contribution in [3.05, 3.63) is 17.9 Å². The zero-order valence-corrected chi connectivity index (χ0v) is 14.0. The molecule has 0 spiro atoms. The maximum atomic E-state index is 12.2. The molecule has 0 saturated carbocycles. The Bertz CT molecular complexity index is 592. The molecule has 23 heavy (non-hydrogen) atoms. The maximum Gasteiger partial charge on any atom is 0.306 e. The quantitative estimate of drug-likeness (QED) is 0.815. The van der Waals surface area contributed by atoms with Gasteiger partial charge in [0.05, 0.1) is 12.5 Å².